The van der Waals surface area contributed by atoms with Gasteiger partial charge in [-0.2, -0.15) is 0 Å². The highest BCUT2D eigenvalue weighted by molar-refractivity contribution is 4.81. The minimum atomic E-state index is 0.945. The molecular formula is C30H58. The summed E-state index contributed by atoms with van der Waals surface area (Å²) in [7, 11) is 0. The molecule has 0 aromatic heterocycles. The quantitative estimate of drug-likeness (QED) is 0.102. The maximum absolute atomic E-state index is 3.92. The molecule has 1 atom stereocenters. The summed E-state index contributed by atoms with van der Waals surface area (Å²) in [6.07, 6.45) is 38.1. The van der Waals surface area contributed by atoms with Crippen molar-refractivity contribution in [1.29, 1.82) is 0 Å². The Bertz CT molecular complexity index is 316. The number of rotatable bonds is 25. The molecule has 0 heteroatoms. The van der Waals surface area contributed by atoms with E-state index in [1.165, 1.54) is 141 Å². The molecule has 0 aromatic carbocycles. The molecule has 0 amide bonds. The third kappa shape index (κ3) is 25.8. The van der Waals surface area contributed by atoms with Gasteiger partial charge < -0.3 is 0 Å². The van der Waals surface area contributed by atoms with Crippen LogP contribution in [0.25, 0.3) is 0 Å². The fraction of sp³-hybridized carbons (Fsp3) is 0.867. The molecule has 0 saturated heterocycles. The zero-order chi connectivity index (χ0) is 22.0. The van der Waals surface area contributed by atoms with E-state index in [2.05, 4.69) is 32.9 Å². The normalized spacial score (nSPS) is 12.8. The molecule has 0 nitrogen and oxygen atoms in total. The molecule has 0 aliphatic carbocycles. The van der Waals surface area contributed by atoms with Crippen LogP contribution in [0.4, 0.5) is 0 Å². The van der Waals surface area contributed by atoms with E-state index < -0.39 is 0 Å². The van der Waals surface area contributed by atoms with Gasteiger partial charge in [-0.3, -0.25) is 0 Å². The van der Waals surface area contributed by atoms with Gasteiger partial charge in [0.2, 0.25) is 0 Å². The Kier molecular flexibility index (Phi) is 26.5. The Labute approximate surface area is 193 Å². The van der Waals surface area contributed by atoms with Crippen LogP contribution in [0.5, 0.6) is 0 Å². The van der Waals surface area contributed by atoms with Crippen LogP contribution in [-0.4, -0.2) is 0 Å². The van der Waals surface area contributed by atoms with Crippen LogP contribution in [0.3, 0.4) is 0 Å². The van der Waals surface area contributed by atoms with Crippen molar-refractivity contribution in [2.75, 3.05) is 0 Å². The molecular weight excluding hydrogens is 360 g/mol. The van der Waals surface area contributed by atoms with Crippen LogP contribution in [0.1, 0.15) is 161 Å². The first-order chi connectivity index (χ1) is 14.8. The summed E-state index contributed by atoms with van der Waals surface area (Å²) in [6, 6.07) is 0. The number of hydrogen-bond donors (Lipinski definition) is 0. The largest absolute Gasteiger partial charge is 0.0885 e. The Morgan fingerprint density at radius 3 is 1.20 bits per heavy atom. The van der Waals surface area contributed by atoms with E-state index >= 15 is 0 Å². The number of hydrogen-bond acceptors (Lipinski definition) is 0. The lowest BCUT2D eigenvalue weighted by molar-refractivity contribution is 0.432. The van der Waals surface area contributed by atoms with Gasteiger partial charge in [-0.25, -0.2) is 0 Å². The van der Waals surface area contributed by atoms with Crippen molar-refractivity contribution in [2.24, 2.45) is 5.92 Å². The third-order valence-corrected chi connectivity index (χ3v) is 6.55. The molecule has 0 saturated carbocycles. The van der Waals surface area contributed by atoms with Crippen molar-refractivity contribution in [3.8, 4) is 0 Å². The molecule has 0 spiro atoms. The SMILES string of the molecule is [CH2]CCCC=CCCCCCCC(C)CCCCCCCCCCCCCCC[CH2]. The average Bonchev–Trinajstić information content (AvgIpc) is 2.75. The van der Waals surface area contributed by atoms with Crippen molar-refractivity contribution in [1.82, 2.24) is 0 Å². The fourth-order valence-corrected chi connectivity index (χ4v) is 4.36. The first-order valence-corrected chi connectivity index (χ1v) is 14.0. The zero-order valence-electron chi connectivity index (χ0n) is 21.1. The van der Waals surface area contributed by atoms with Gasteiger partial charge in [-0.05, 0) is 31.6 Å². The van der Waals surface area contributed by atoms with E-state index in [1.54, 1.807) is 0 Å². The molecule has 0 rings (SSSR count). The van der Waals surface area contributed by atoms with Crippen molar-refractivity contribution in [3.63, 3.8) is 0 Å². The van der Waals surface area contributed by atoms with Crippen LogP contribution >= 0.6 is 0 Å². The van der Waals surface area contributed by atoms with Crippen LogP contribution in [-0.2, 0) is 0 Å². The Hall–Kier alpha value is -0.260. The second-order valence-corrected chi connectivity index (χ2v) is 9.80. The Morgan fingerprint density at radius 1 is 0.433 bits per heavy atom. The highest BCUT2D eigenvalue weighted by Crippen LogP contribution is 2.19. The van der Waals surface area contributed by atoms with Crippen LogP contribution in [0.15, 0.2) is 12.2 Å². The lowest BCUT2D eigenvalue weighted by atomic mass is 9.96. The van der Waals surface area contributed by atoms with Crippen LogP contribution in [0.2, 0.25) is 0 Å². The monoisotopic (exact) mass is 418 g/mol. The summed E-state index contributed by atoms with van der Waals surface area (Å²) < 4.78 is 0. The predicted molar refractivity (Wildman–Crippen MR) is 140 cm³/mol. The Morgan fingerprint density at radius 2 is 0.767 bits per heavy atom. The first-order valence-electron chi connectivity index (χ1n) is 14.0. The highest BCUT2D eigenvalue weighted by Gasteiger charge is 2.02. The van der Waals surface area contributed by atoms with Gasteiger partial charge >= 0.3 is 0 Å². The van der Waals surface area contributed by atoms with Crippen LogP contribution in [0, 0.1) is 19.8 Å². The maximum atomic E-state index is 3.92. The smallest absolute Gasteiger partial charge is 0.0351 e. The van der Waals surface area contributed by atoms with Gasteiger partial charge in [-0.15, -0.1) is 0 Å². The Balaban J connectivity index is 3.16. The minimum absolute atomic E-state index is 0.945. The molecule has 178 valence electrons. The minimum Gasteiger partial charge on any atom is -0.0885 e. The zero-order valence-corrected chi connectivity index (χ0v) is 21.1. The molecule has 0 aliphatic rings. The maximum Gasteiger partial charge on any atom is -0.0351 e. The van der Waals surface area contributed by atoms with Crippen molar-refractivity contribution in [2.45, 2.75) is 161 Å². The summed E-state index contributed by atoms with van der Waals surface area (Å²) >= 11 is 0. The molecule has 0 heterocycles. The molecule has 0 bridgehead atoms. The van der Waals surface area contributed by atoms with E-state index in [4.69, 9.17) is 0 Å². The molecule has 0 aromatic rings. The molecule has 2 radical (unpaired) electrons. The van der Waals surface area contributed by atoms with Crippen molar-refractivity contribution < 1.29 is 0 Å². The van der Waals surface area contributed by atoms with Gasteiger partial charge in [-0.1, -0.05) is 161 Å². The van der Waals surface area contributed by atoms with Gasteiger partial charge in [0.25, 0.3) is 0 Å². The van der Waals surface area contributed by atoms with Gasteiger partial charge in [0.15, 0.2) is 0 Å². The standard InChI is InChI=1S/C30H58/c1-4-6-8-10-12-14-16-17-18-19-21-23-25-27-29-30(3)28-26-24-22-20-15-13-11-9-7-5-2/h11,13,30H,1-2,4-10,12,14-29H2,3H3. The second kappa shape index (κ2) is 26.8. The highest BCUT2D eigenvalue weighted by atomic mass is 14.1. The van der Waals surface area contributed by atoms with E-state index in [9.17, 15) is 0 Å². The molecule has 30 heavy (non-hydrogen) atoms. The number of unbranched alkanes of at least 4 members (excludes halogenated alkanes) is 19. The van der Waals surface area contributed by atoms with Crippen LogP contribution < -0.4 is 0 Å². The topological polar surface area (TPSA) is 0 Å². The summed E-state index contributed by atoms with van der Waals surface area (Å²) in [5, 5.41) is 0. The molecule has 0 N–H and O–H groups in total. The first kappa shape index (κ1) is 29.7. The summed E-state index contributed by atoms with van der Waals surface area (Å²) in [5.74, 6) is 0.945. The summed E-state index contributed by atoms with van der Waals surface area (Å²) in [4.78, 5) is 0. The fourth-order valence-electron chi connectivity index (χ4n) is 4.36. The van der Waals surface area contributed by atoms with Crippen molar-refractivity contribution >= 4 is 0 Å². The predicted octanol–water partition coefficient (Wildman–Crippen LogP) is 11.2. The van der Waals surface area contributed by atoms with Gasteiger partial charge in [0, 0.05) is 0 Å². The van der Waals surface area contributed by atoms with Gasteiger partial charge in [0.1, 0.15) is 0 Å². The lowest BCUT2D eigenvalue weighted by Crippen LogP contribution is -1.95. The molecule has 1 unspecified atom stereocenters. The second-order valence-electron chi connectivity index (χ2n) is 9.80. The molecule has 0 aliphatic heterocycles. The average molecular weight is 419 g/mol. The van der Waals surface area contributed by atoms with E-state index in [1.807, 2.05) is 0 Å². The lowest BCUT2D eigenvalue weighted by Gasteiger charge is -2.11. The van der Waals surface area contributed by atoms with Crippen molar-refractivity contribution in [3.05, 3.63) is 26.0 Å². The van der Waals surface area contributed by atoms with E-state index in [-0.39, 0.29) is 0 Å². The summed E-state index contributed by atoms with van der Waals surface area (Å²) in [5.41, 5.74) is 0. The summed E-state index contributed by atoms with van der Waals surface area (Å²) in [6.45, 7) is 10.3. The van der Waals surface area contributed by atoms with E-state index in [0.29, 0.717) is 0 Å². The number of allylic oxidation sites excluding steroid dienone is 2. The van der Waals surface area contributed by atoms with E-state index in [0.717, 1.165) is 18.8 Å². The third-order valence-electron chi connectivity index (χ3n) is 6.55. The van der Waals surface area contributed by atoms with Gasteiger partial charge in [0.05, 0.1) is 0 Å². The molecule has 0 fully saturated rings.